The molecule has 0 radical (unpaired) electrons. The van der Waals surface area contributed by atoms with Crippen molar-refractivity contribution in [3.8, 4) is 0 Å². The Bertz CT molecular complexity index is 350. The molecule has 2 aliphatic rings. The van der Waals surface area contributed by atoms with Gasteiger partial charge in [0.2, 0.25) is 0 Å². The van der Waals surface area contributed by atoms with Gasteiger partial charge in [0.15, 0.2) is 0 Å². The van der Waals surface area contributed by atoms with E-state index in [1.165, 1.54) is 25.8 Å². The fourth-order valence-electron chi connectivity index (χ4n) is 3.91. The third-order valence-corrected chi connectivity index (χ3v) is 5.01. The molecule has 0 amide bonds. The number of aliphatic carboxylic acids is 1. The lowest BCUT2D eigenvalue weighted by atomic mass is 9.83. The van der Waals surface area contributed by atoms with Gasteiger partial charge in [-0.1, -0.05) is 6.92 Å². The van der Waals surface area contributed by atoms with E-state index in [2.05, 4.69) is 22.2 Å². The summed E-state index contributed by atoms with van der Waals surface area (Å²) >= 11 is 0. The lowest BCUT2D eigenvalue weighted by Crippen LogP contribution is -2.60. The van der Waals surface area contributed by atoms with Crippen molar-refractivity contribution in [2.75, 3.05) is 39.8 Å². The van der Waals surface area contributed by atoms with Crippen LogP contribution in [-0.4, -0.2) is 72.2 Å². The number of nitrogens with zero attached hydrogens (tertiary/aromatic N) is 2. The fraction of sp³-hybridized carbons (Fsp3) is 0.933. The molecule has 2 rings (SSSR count). The Morgan fingerprint density at radius 3 is 2.80 bits per heavy atom. The predicted octanol–water partition coefficient (Wildman–Crippen LogP) is 0.855. The molecule has 2 fully saturated rings. The number of carboxylic acid groups (broad SMARTS) is 1. The molecular weight excluding hydrogens is 254 g/mol. The molecule has 3 unspecified atom stereocenters. The largest absolute Gasteiger partial charge is 0.480 e. The standard InChI is InChI=1S/C15H29N3O2/c1-4-16-15(2,14(19)20)11-18-9-7-13-12(10-18)6-5-8-17(13)3/h12-13,16H,4-11H2,1-3H3,(H,19,20). The van der Waals surface area contributed by atoms with Gasteiger partial charge in [-0.05, 0) is 58.8 Å². The Labute approximate surface area is 122 Å². The van der Waals surface area contributed by atoms with Crippen LogP contribution in [0.15, 0.2) is 0 Å². The molecule has 0 aromatic carbocycles. The van der Waals surface area contributed by atoms with Crippen molar-refractivity contribution in [3.63, 3.8) is 0 Å². The van der Waals surface area contributed by atoms with Crippen LogP contribution in [0.25, 0.3) is 0 Å². The van der Waals surface area contributed by atoms with Crippen LogP contribution in [-0.2, 0) is 4.79 Å². The van der Waals surface area contributed by atoms with Crippen LogP contribution in [0.5, 0.6) is 0 Å². The molecule has 0 spiro atoms. The summed E-state index contributed by atoms with van der Waals surface area (Å²) in [5, 5.41) is 12.6. The van der Waals surface area contributed by atoms with Crippen LogP contribution in [0.2, 0.25) is 0 Å². The van der Waals surface area contributed by atoms with Crippen molar-refractivity contribution in [3.05, 3.63) is 0 Å². The molecule has 0 aromatic rings. The molecule has 0 saturated carbocycles. The van der Waals surface area contributed by atoms with E-state index in [1.54, 1.807) is 6.92 Å². The summed E-state index contributed by atoms with van der Waals surface area (Å²) in [7, 11) is 2.23. The zero-order valence-corrected chi connectivity index (χ0v) is 13.1. The summed E-state index contributed by atoms with van der Waals surface area (Å²) in [5.74, 6) is -0.0376. The minimum atomic E-state index is -0.831. The van der Waals surface area contributed by atoms with Gasteiger partial charge in [0.25, 0.3) is 0 Å². The van der Waals surface area contributed by atoms with E-state index >= 15 is 0 Å². The smallest absolute Gasteiger partial charge is 0.324 e. The van der Waals surface area contributed by atoms with Gasteiger partial charge in [-0.25, -0.2) is 0 Å². The molecule has 0 bridgehead atoms. The Morgan fingerprint density at radius 1 is 1.40 bits per heavy atom. The van der Waals surface area contributed by atoms with Gasteiger partial charge in [0.05, 0.1) is 0 Å². The third kappa shape index (κ3) is 3.32. The molecule has 2 heterocycles. The number of rotatable bonds is 5. The van der Waals surface area contributed by atoms with Crippen molar-refractivity contribution < 1.29 is 9.90 Å². The average Bonchev–Trinajstić information content (AvgIpc) is 2.39. The van der Waals surface area contributed by atoms with Crippen molar-refractivity contribution >= 4 is 5.97 Å². The number of likely N-dealkylation sites (N-methyl/N-ethyl adjacent to an activating group) is 1. The third-order valence-electron chi connectivity index (χ3n) is 5.01. The highest BCUT2D eigenvalue weighted by Gasteiger charge is 2.39. The molecule has 5 heteroatoms. The number of piperidine rings is 2. The maximum atomic E-state index is 11.5. The fourth-order valence-corrected chi connectivity index (χ4v) is 3.91. The van der Waals surface area contributed by atoms with E-state index in [0.717, 1.165) is 13.1 Å². The number of carboxylic acids is 1. The number of nitrogens with one attached hydrogen (secondary N) is 1. The molecule has 0 aliphatic carbocycles. The highest BCUT2D eigenvalue weighted by Crippen LogP contribution is 2.30. The minimum Gasteiger partial charge on any atom is -0.480 e. The van der Waals surface area contributed by atoms with Crippen LogP contribution in [0, 0.1) is 5.92 Å². The molecule has 5 nitrogen and oxygen atoms in total. The maximum absolute atomic E-state index is 11.5. The molecule has 116 valence electrons. The maximum Gasteiger partial charge on any atom is 0.324 e. The van der Waals surface area contributed by atoms with Gasteiger partial charge in [-0.15, -0.1) is 0 Å². The van der Waals surface area contributed by atoms with Crippen LogP contribution in [0.3, 0.4) is 0 Å². The second-order valence-electron chi connectivity index (χ2n) is 6.64. The number of carbonyl (C=O) groups is 1. The van der Waals surface area contributed by atoms with E-state index in [9.17, 15) is 9.90 Å². The summed E-state index contributed by atoms with van der Waals surface area (Å²) in [6, 6.07) is 0.704. The molecule has 2 N–H and O–H groups in total. The first-order chi connectivity index (χ1) is 9.46. The second kappa shape index (κ2) is 6.41. The molecule has 0 aromatic heterocycles. The summed E-state index contributed by atoms with van der Waals surface area (Å²) < 4.78 is 0. The Morgan fingerprint density at radius 2 is 2.15 bits per heavy atom. The second-order valence-corrected chi connectivity index (χ2v) is 6.64. The quantitative estimate of drug-likeness (QED) is 0.783. The van der Waals surface area contributed by atoms with Gasteiger partial charge in [-0.2, -0.15) is 0 Å². The van der Waals surface area contributed by atoms with Gasteiger partial charge < -0.3 is 20.2 Å². The lowest BCUT2D eigenvalue weighted by Gasteiger charge is -2.47. The SMILES string of the molecule is CCNC(C)(CN1CCC2C(CCCN2C)C1)C(=O)O. The summed E-state index contributed by atoms with van der Waals surface area (Å²) in [6.07, 6.45) is 3.73. The van der Waals surface area contributed by atoms with E-state index in [1.807, 2.05) is 6.92 Å². The van der Waals surface area contributed by atoms with Crippen LogP contribution in [0.1, 0.15) is 33.1 Å². The number of fused-ring (bicyclic) bond motifs is 1. The summed E-state index contributed by atoms with van der Waals surface area (Å²) in [5.41, 5.74) is -0.831. The van der Waals surface area contributed by atoms with Gasteiger partial charge >= 0.3 is 5.97 Å². The number of likely N-dealkylation sites (tertiary alicyclic amines) is 2. The van der Waals surface area contributed by atoms with E-state index in [-0.39, 0.29) is 0 Å². The molecule has 2 aliphatic heterocycles. The van der Waals surface area contributed by atoms with E-state index in [0.29, 0.717) is 25.0 Å². The number of hydrogen-bond donors (Lipinski definition) is 2. The van der Waals surface area contributed by atoms with Crippen molar-refractivity contribution in [1.82, 2.24) is 15.1 Å². The summed E-state index contributed by atoms with van der Waals surface area (Å²) in [4.78, 5) is 16.4. The van der Waals surface area contributed by atoms with Crippen molar-refractivity contribution in [2.45, 2.75) is 44.7 Å². The zero-order valence-electron chi connectivity index (χ0n) is 13.1. The highest BCUT2D eigenvalue weighted by molar-refractivity contribution is 5.78. The lowest BCUT2D eigenvalue weighted by molar-refractivity contribution is -0.145. The summed E-state index contributed by atoms with van der Waals surface area (Å²) in [6.45, 7) is 8.32. The molecular formula is C15H29N3O2. The Kier molecular flexibility index (Phi) is 5.04. The van der Waals surface area contributed by atoms with E-state index in [4.69, 9.17) is 0 Å². The van der Waals surface area contributed by atoms with Gasteiger partial charge in [-0.3, -0.25) is 4.79 Å². The monoisotopic (exact) mass is 283 g/mol. The Balaban J connectivity index is 1.96. The number of hydrogen-bond acceptors (Lipinski definition) is 4. The predicted molar refractivity (Wildman–Crippen MR) is 79.9 cm³/mol. The average molecular weight is 283 g/mol. The normalized spacial score (nSPS) is 31.6. The van der Waals surface area contributed by atoms with Crippen molar-refractivity contribution in [2.24, 2.45) is 5.92 Å². The first-order valence-corrected chi connectivity index (χ1v) is 7.87. The van der Waals surface area contributed by atoms with Crippen LogP contribution in [0.4, 0.5) is 0 Å². The molecule has 20 heavy (non-hydrogen) atoms. The van der Waals surface area contributed by atoms with Gasteiger partial charge in [0.1, 0.15) is 5.54 Å². The highest BCUT2D eigenvalue weighted by atomic mass is 16.4. The van der Waals surface area contributed by atoms with E-state index < -0.39 is 11.5 Å². The minimum absolute atomic E-state index is 0.600. The first-order valence-electron chi connectivity index (χ1n) is 7.87. The zero-order chi connectivity index (χ0) is 14.8. The van der Waals surface area contributed by atoms with Gasteiger partial charge in [0, 0.05) is 19.1 Å². The topological polar surface area (TPSA) is 55.8 Å². The van der Waals surface area contributed by atoms with Crippen LogP contribution < -0.4 is 5.32 Å². The Hall–Kier alpha value is -0.650. The van der Waals surface area contributed by atoms with Crippen molar-refractivity contribution in [1.29, 1.82) is 0 Å². The molecule has 3 atom stereocenters. The first kappa shape index (κ1) is 15.7. The molecule has 2 saturated heterocycles. The van der Waals surface area contributed by atoms with Crippen LogP contribution >= 0.6 is 0 Å².